The summed E-state index contributed by atoms with van der Waals surface area (Å²) < 4.78 is 13.6. The van der Waals surface area contributed by atoms with E-state index >= 15 is 0 Å². The molecule has 6 heteroatoms. The Hall–Kier alpha value is -1.95. The maximum Gasteiger partial charge on any atom is 0.308 e. The highest BCUT2D eigenvalue weighted by Crippen LogP contribution is 2.31. The van der Waals surface area contributed by atoms with Crippen LogP contribution in [0.25, 0.3) is 10.6 Å². The minimum atomic E-state index is -0.945. The Bertz CT molecular complexity index is 609. The van der Waals surface area contributed by atoms with Crippen molar-refractivity contribution in [2.75, 3.05) is 0 Å². The van der Waals surface area contributed by atoms with E-state index in [9.17, 15) is 9.18 Å². The number of benzene rings is 1. The lowest BCUT2D eigenvalue weighted by Gasteiger charge is -1.99. The Morgan fingerprint density at radius 2 is 2.22 bits per heavy atom. The SMILES string of the molecule is Cc1nc(-c2ccc(O)cc2F)sc1CC(=O)O. The summed E-state index contributed by atoms with van der Waals surface area (Å²) in [6.45, 7) is 1.69. The lowest BCUT2D eigenvalue weighted by molar-refractivity contribution is -0.136. The van der Waals surface area contributed by atoms with Crippen LogP contribution in [-0.2, 0) is 11.2 Å². The van der Waals surface area contributed by atoms with Gasteiger partial charge in [-0.05, 0) is 19.1 Å². The van der Waals surface area contributed by atoms with Gasteiger partial charge in [0.25, 0.3) is 0 Å². The van der Waals surface area contributed by atoms with Gasteiger partial charge in [-0.2, -0.15) is 0 Å². The number of aromatic nitrogens is 1. The van der Waals surface area contributed by atoms with E-state index in [2.05, 4.69) is 4.98 Å². The molecule has 2 N–H and O–H groups in total. The highest BCUT2D eigenvalue weighted by Gasteiger charge is 2.15. The second-order valence-electron chi connectivity index (χ2n) is 3.76. The topological polar surface area (TPSA) is 70.4 Å². The van der Waals surface area contributed by atoms with Crippen molar-refractivity contribution in [1.82, 2.24) is 4.98 Å². The molecule has 1 heterocycles. The number of phenolic OH excluding ortho intramolecular Hbond substituents is 1. The molecule has 0 saturated carbocycles. The summed E-state index contributed by atoms with van der Waals surface area (Å²) in [6.07, 6.45) is -0.122. The molecule has 94 valence electrons. The molecular weight excluding hydrogens is 257 g/mol. The van der Waals surface area contributed by atoms with Crippen molar-refractivity contribution in [2.45, 2.75) is 13.3 Å². The molecule has 0 radical (unpaired) electrons. The first-order valence-electron chi connectivity index (χ1n) is 5.14. The summed E-state index contributed by atoms with van der Waals surface area (Å²) in [6, 6.07) is 3.79. The van der Waals surface area contributed by atoms with Crippen molar-refractivity contribution < 1.29 is 19.4 Å². The van der Waals surface area contributed by atoms with Crippen molar-refractivity contribution in [1.29, 1.82) is 0 Å². The molecule has 0 saturated heterocycles. The number of rotatable bonds is 3. The van der Waals surface area contributed by atoms with E-state index < -0.39 is 11.8 Å². The average molecular weight is 267 g/mol. The molecule has 0 fully saturated rings. The monoisotopic (exact) mass is 267 g/mol. The highest BCUT2D eigenvalue weighted by atomic mass is 32.1. The molecule has 0 aliphatic carbocycles. The normalized spacial score (nSPS) is 10.6. The summed E-state index contributed by atoms with van der Waals surface area (Å²) in [5, 5.41) is 18.3. The lowest BCUT2D eigenvalue weighted by Crippen LogP contribution is -1.99. The van der Waals surface area contributed by atoms with Crippen LogP contribution >= 0.6 is 11.3 Å². The molecule has 0 amide bonds. The third-order valence-corrected chi connectivity index (χ3v) is 3.58. The van der Waals surface area contributed by atoms with E-state index in [1.54, 1.807) is 6.92 Å². The van der Waals surface area contributed by atoms with Crippen LogP contribution in [-0.4, -0.2) is 21.2 Å². The molecule has 1 aromatic carbocycles. The van der Waals surface area contributed by atoms with Gasteiger partial charge in [0.1, 0.15) is 16.6 Å². The largest absolute Gasteiger partial charge is 0.508 e. The van der Waals surface area contributed by atoms with Crippen molar-refractivity contribution in [3.63, 3.8) is 0 Å². The molecule has 0 atom stereocenters. The lowest BCUT2D eigenvalue weighted by atomic mass is 10.2. The molecule has 2 aromatic rings. The van der Waals surface area contributed by atoms with Crippen molar-refractivity contribution >= 4 is 17.3 Å². The molecular formula is C12H10FNO3S. The van der Waals surface area contributed by atoms with E-state index in [-0.39, 0.29) is 17.7 Å². The van der Waals surface area contributed by atoms with Crippen molar-refractivity contribution in [2.24, 2.45) is 0 Å². The van der Waals surface area contributed by atoms with Gasteiger partial charge < -0.3 is 10.2 Å². The number of aliphatic carboxylic acids is 1. The van der Waals surface area contributed by atoms with Gasteiger partial charge in [-0.15, -0.1) is 11.3 Å². The summed E-state index contributed by atoms with van der Waals surface area (Å²) in [5.74, 6) is -1.68. The molecule has 0 bridgehead atoms. The maximum atomic E-state index is 13.6. The van der Waals surface area contributed by atoms with E-state index in [4.69, 9.17) is 10.2 Å². The number of nitrogens with zero attached hydrogens (tertiary/aromatic N) is 1. The Morgan fingerprint density at radius 3 is 2.83 bits per heavy atom. The third-order valence-electron chi connectivity index (χ3n) is 2.39. The molecule has 0 spiro atoms. The standard InChI is InChI=1S/C12H10FNO3S/c1-6-10(5-11(16)17)18-12(14-6)8-3-2-7(15)4-9(8)13/h2-4,15H,5H2,1H3,(H,16,17). The summed E-state index contributed by atoms with van der Waals surface area (Å²) in [5.41, 5.74) is 0.849. The van der Waals surface area contributed by atoms with Crippen LogP contribution in [0.4, 0.5) is 4.39 Å². The highest BCUT2D eigenvalue weighted by molar-refractivity contribution is 7.15. The van der Waals surface area contributed by atoms with Crippen LogP contribution in [0, 0.1) is 12.7 Å². The van der Waals surface area contributed by atoms with E-state index in [0.29, 0.717) is 15.6 Å². The zero-order valence-electron chi connectivity index (χ0n) is 9.48. The van der Waals surface area contributed by atoms with Crippen LogP contribution < -0.4 is 0 Å². The summed E-state index contributed by atoms with van der Waals surface area (Å²) >= 11 is 1.15. The second-order valence-corrected chi connectivity index (χ2v) is 4.85. The number of phenols is 1. The van der Waals surface area contributed by atoms with Crippen molar-refractivity contribution in [3.05, 3.63) is 34.6 Å². The van der Waals surface area contributed by atoms with Gasteiger partial charge in [0.05, 0.1) is 12.1 Å². The molecule has 18 heavy (non-hydrogen) atoms. The van der Waals surface area contributed by atoms with Gasteiger partial charge in [-0.25, -0.2) is 9.37 Å². The van der Waals surface area contributed by atoms with Gasteiger partial charge in [-0.1, -0.05) is 0 Å². The van der Waals surface area contributed by atoms with E-state index in [0.717, 1.165) is 17.4 Å². The molecule has 2 rings (SSSR count). The number of aryl methyl sites for hydroxylation is 1. The summed E-state index contributed by atoms with van der Waals surface area (Å²) in [7, 11) is 0. The third kappa shape index (κ3) is 2.48. The van der Waals surface area contributed by atoms with Crippen LogP contribution in [0.3, 0.4) is 0 Å². The van der Waals surface area contributed by atoms with Gasteiger partial charge in [0.2, 0.25) is 0 Å². The number of thiazole rings is 1. The zero-order chi connectivity index (χ0) is 13.3. The Kier molecular flexibility index (Phi) is 3.29. The number of aromatic hydroxyl groups is 1. The second kappa shape index (κ2) is 4.73. The predicted molar refractivity (Wildman–Crippen MR) is 65.2 cm³/mol. The number of hydrogen-bond donors (Lipinski definition) is 2. The Labute approximate surface area is 106 Å². The molecule has 0 unspecified atom stereocenters. The maximum absolute atomic E-state index is 13.6. The minimum Gasteiger partial charge on any atom is -0.508 e. The Balaban J connectivity index is 2.42. The molecule has 0 aliphatic heterocycles. The molecule has 4 nitrogen and oxygen atoms in total. The van der Waals surface area contributed by atoms with Gasteiger partial charge in [-0.3, -0.25) is 4.79 Å². The fourth-order valence-corrected chi connectivity index (χ4v) is 2.60. The zero-order valence-corrected chi connectivity index (χ0v) is 10.3. The average Bonchev–Trinajstić information content (AvgIpc) is 2.59. The quantitative estimate of drug-likeness (QED) is 0.896. The van der Waals surface area contributed by atoms with Gasteiger partial charge in [0, 0.05) is 16.5 Å². The number of halogens is 1. The number of carbonyl (C=O) groups is 1. The fourth-order valence-electron chi connectivity index (χ4n) is 1.52. The molecule has 1 aromatic heterocycles. The van der Waals surface area contributed by atoms with E-state index in [1.807, 2.05) is 0 Å². The fraction of sp³-hybridized carbons (Fsp3) is 0.167. The first-order chi connectivity index (χ1) is 8.47. The molecule has 0 aliphatic rings. The number of carboxylic acid groups (broad SMARTS) is 1. The number of hydrogen-bond acceptors (Lipinski definition) is 4. The van der Waals surface area contributed by atoms with Crippen molar-refractivity contribution in [3.8, 4) is 16.3 Å². The summed E-state index contributed by atoms with van der Waals surface area (Å²) in [4.78, 5) is 15.4. The van der Waals surface area contributed by atoms with E-state index in [1.165, 1.54) is 12.1 Å². The number of carboxylic acids is 1. The first-order valence-corrected chi connectivity index (χ1v) is 5.96. The Morgan fingerprint density at radius 1 is 1.50 bits per heavy atom. The van der Waals surface area contributed by atoms with Crippen LogP contribution in [0.2, 0.25) is 0 Å². The minimum absolute atomic E-state index is 0.122. The predicted octanol–water partition coefficient (Wildman–Crippen LogP) is 2.59. The van der Waals surface area contributed by atoms with Gasteiger partial charge in [0.15, 0.2) is 0 Å². The first kappa shape index (κ1) is 12.5. The van der Waals surface area contributed by atoms with Gasteiger partial charge >= 0.3 is 5.97 Å². The van der Waals surface area contributed by atoms with Crippen LogP contribution in [0.15, 0.2) is 18.2 Å². The van der Waals surface area contributed by atoms with Crippen LogP contribution in [0.1, 0.15) is 10.6 Å². The van der Waals surface area contributed by atoms with Crippen LogP contribution in [0.5, 0.6) is 5.75 Å². The smallest absolute Gasteiger partial charge is 0.308 e.